The van der Waals surface area contributed by atoms with Crippen LogP contribution in [0.15, 0.2) is 58.6 Å². The molecule has 128 valence electrons. The Hall–Kier alpha value is -2.18. The molecule has 1 aromatic heterocycles. The van der Waals surface area contributed by atoms with Crippen molar-refractivity contribution < 1.29 is 8.78 Å². The molecule has 0 spiro atoms. The van der Waals surface area contributed by atoms with Gasteiger partial charge in [0.2, 0.25) is 0 Å². The molecule has 0 fully saturated rings. The number of aromatic nitrogens is 2. The lowest BCUT2D eigenvalue weighted by Crippen LogP contribution is -2.20. The van der Waals surface area contributed by atoms with Gasteiger partial charge < -0.3 is 0 Å². The van der Waals surface area contributed by atoms with Gasteiger partial charge in [-0.15, -0.1) is 0 Å². The molecule has 0 amide bonds. The van der Waals surface area contributed by atoms with E-state index in [4.69, 9.17) is 11.6 Å². The predicted octanol–water partition coefficient (Wildman–Crippen LogP) is 4.76. The van der Waals surface area contributed by atoms with E-state index < -0.39 is 5.82 Å². The molecule has 3 aromatic rings. The SMILES string of the molecule is Cc1ccc(-n2ccnc(SCc3ccc(F)cc3Cl)c2=O)cc1F. The molecule has 0 bridgehead atoms. The van der Waals surface area contributed by atoms with Gasteiger partial charge in [0.15, 0.2) is 5.03 Å². The first-order valence-electron chi connectivity index (χ1n) is 7.36. The number of benzene rings is 2. The third-order valence-corrected chi connectivity index (χ3v) is 4.98. The monoisotopic (exact) mass is 378 g/mol. The molecule has 0 unspecified atom stereocenters. The molecular weight excluding hydrogens is 366 g/mol. The van der Waals surface area contributed by atoms with Gasteiger partial charge in [-0.3, -0.25) is 9.36 Å². The summed E-state index contributed by atoms with van der Waals surface area (Å²) in [5, 5.41) is 0.549. The average Bonchev–Trinajstić information content (AvgIpc) is 2.58. The molecule has 25 heavy (non-hydrogen) atoms. The Labute approximate surface area is 152 Å². The number of hydrogen-bond donors (Lipinski definition) is 0. The summed E-state index contributed by atoms with van der Waals surface area (Å²) in [6.07, 6.45) is 2.97. The van der Waals surface area contributed by atoms with Crippen LogP contribution in [0, 0.1) is 18.6 Å². The lowest BCUT2D eigenvalue weighted by atomic mass is 10.2. The average molecular weight is 379 g/mol. The smallest absolute Gasteiger partial charge is 0.280 e. The molecule has 3 rings (SSSR count). The van der Waals surface area contributed by atoms with Gasteiger partial charge in [0.25, 0.3) is 5.56 Å². The highest BCUT2D eigenvalue weighted by atomic mass is 35.5. The topological polar surface area (TPSA) is 34.9 Å². The van der Waals surface area contributed by atoms with Crippen molar-refractivity contribution in [3.8, 4) is 5.69 Å². The summed E-state index contributed by atoms with van der Waals surface area (Å²) in [5.41, 5.74) is 1.28. The largest absolute Gasteiger partial charge is 0.287 e. The Kier molecular flexibility index (Phi) is 5.20. The van der Waals surface area contributed by atoms with Gasteiger partial charge in [-0.1, -0.05) is 35.5 Å². The van der Waals surface area contributed by atoms with Crippen LogP contribution in [0.4, 0.5) is 8.78 Å². The number of thioether (sulfide) groups is 1. The van der Waals surface area contributed by atoms with Crippen LogP contribution in [0.1, 0.15) is 11.1 Å². The minimum Gasteiger partial charge on any atom is -0.280 e. The zero-order valence-corrected chi connectivity index (χ0v) is 14.7. The fourth-order valence-electron chi connectivity index (χ4n) is 2.21. The molecule has 1 heterocycles. The van der Waals surface area contributed by atoms with E-state index in [9.17, 15) is 13.6 Å². The molecule has 7 heteroatoms. The van der Waals surface area contributed by atoms with Gasteiger partial charge in [0.1, 0.15) is 11.6 Å². The maximum atomic E-state index is 13.8. The molecule has 3 nitrogen and oxygen atoms in total. The summed E-state index contributed by atoms with van der Waals surface area (Å²) in [5.74, 6) is -0.429. The summed E-state index contributed by atoms with van der Waals surface area (Å²) < 4.78 is 28.2. The Balaban J connectivity index is 1.88. The normalized spacial score (nSPS) is 10.9. The van der Waals surface area contributed by atoms with Crippen LogP contribution >= 0.6 is 23.4 Å². The van der Waals surface area contributed by atoms with E-state index in [1.54, 1.807) is 25.1 Å². The summed E-state index contributed by atoms with van der Waals surface area (Å²) in [7, 11) is 0. The third-order valence-electron chi connectivity index (χ3n) is 3.62. The molecule has 0 atom stereocenters. The first kappa shape index (κ1) is 17.6. The van der Waals surface area contributed by atoms with Crippen molar-refractivity contribution in [1.82, 2.24) is 9.55 Å². The Morgan fingerprint density at radius 2 is 2.00 bits per heavy atom. The van der Waals surface area contributed by atoms with Crippen molar-refractivity contribution in [1.29, 1.82) is 0 Å². The van der Waals surface area contributed by atoms with Crippen molar-refractivity contribution in [2.75, 3.05) is 0 Å². The van der Waals surface area contributed by atoms with Crippen LogP contribution in [-0.2, 0) is 5.75 Å². The standard InChI is InChI=1S/C18H13ClF2N2OS/c1-11-2-5-14(9-16(11)21)23-7-6-22-17(18(23)24)25-10-12-3-4-13(20)8-15(12)19/h2-9H,10H2,1H3. The number of hydrogen-bond acceptors (Lipinski definition) is 3. The third kappa shape index (κ3) is 3.91. The van der Waals surface area contributed by atoms with Crippen LogP contribution in [-0.4, -0.2) is 9.55 Å². The summed E-state index contributed by atoms with van der Waals surface area (Å²) in [4.78, 5) is 16.7. The molecule has 0 saturated carbocycles. The van der Waals surface area contributed by atoms with E-state index in [2.05, 4.69) is 4.98 Å². The van der Waals surface area contributed by atoms with Crippen LogP contribution in [0.5, 0.6) is 0 Å². The van der Waals surface area contributed by atoms with Crippen molar-refractivity contribution in [2.24, 2.45) is 0 Å². The zero-order chi connectivity index (χ0) is 18.0. The van der Waals surface area contributed by atoms with E-state index in [-0.39, 0.29) is 16.4 Å². The number of nitrogens with zero attached hydrogens (tertiary/aromatic N) is 2. The van der Waals surface area contributed by atoms with E-state index in [0.29, 0.717) is 27.6 Å². The van der Waals surface area contributed by atoms with Gasteiger partial charge in [0.05, 0.1) is 5.69 Å². The van der Waals surface area contributed by atoms with Crippen molar-refractivity contribution in [2.45, 2.75) is 17.7 Å². The molecule has 0 aliphatic rings. The summed E-state index contributed by atoms with van der Waals surface area (Å²) in [6.45, 7) is 1.65. The molecule has 2 aromatic carbocycles. The van der Waals surface area contributed by atoms with Crippen LogP contribution < -0.4 is 5.56 Å². The van der Waals surface area contributed by atoms with E-state index in [1.807, 2.05) is 0 Å². The van der Waals surface area contributed by atoms with E-state index in [1.165, 1.54) is 46.9 Å². The second-order valence-electron chi connectivity index (χ2n) is 5.37. The maximum absolute atomic E-state index is 13.8. The zero-order valence-electron chi connectivity index (χ0n) is 13.2. The first-order chi connectivity index (χ1) is 12.0. The Morgan fingerprint density at radius 3 is 2.72 bits per heavy atom. The second-order valence-corrected chi connectivity index (χ2v) is 6.74. The summed E-state index contributed by atoms with van der Waals surface area (Å²) >= 11 is 7.19. The molecule has 0 radical (unpaired) electrons. The lowest BCUT2D eigenvalue weighted by Gasteiger charge is -2.09. The fraction of sp³-hybridized carbons (Fsp3) is 0.111. The highest BCUT2D eigenvalue weighted by molar-refractivity contribution is 7.98. The quantitative estimate of drug-likeness (QED) is 0.614. The van der Waals surface area contributed by atoms with Gasteiger partial charge >= 0.3 is 0 Å². The van der Waals surface area contributed by atoms with Crippen LogP contribution in [0.3, 0.4) is 0 Å². The molecule has 0 saturated heterocycles. The summed E-state index contributed by atoms with van der Waals surface area (Å²) in [6, 6.07) is 8.70. The highest BCUT2D eigenvalue weighted by Gasteiger charge is 2.10. The molecule has 0 aliphatic carbocycles. The number of halogens is 3. The Bertz CT molecular complexity index is 991. The van der Waals surface area contributed by atoms with Crippen molar-refractivity contribution in [3.05, 3.63) is 86.9 Å². The lowest BCUT2D eigenvalue weighted by molar-refractivity contribution is 0.616. The minimum atomic E-state index is -0.416. The first-order valence-corrected chi connectivity index (χ1v) is 8.73. The highest BCUT2D eigenvalue weighted by Crippen LogP contribution is 2.25. The van der Waals surface area contributed by atoms with Gasteiger partial charge in [-0.2, -0.15) is 0 Å². The fourth-order valence-corrected chi connectivity index (χ4v) is 3.43. The molecule has 0 N–H and O–H groups in total. The second kappa shape index (κ2) is 7.37. The Morgan fingerprint density at radius 1 is 1.20 bits per heavy atom. The van der Waals surface area contributed by atoms with E-state index in [0.717, 1.165) is 0 Å². The van der Waals surface area contributed by atoms with Crippen LogP contribution in [0.2, 0.25) is 5.02 Å². The van der Waals surface area contributed by atoms with Crippen LogP contribution in [0.25, 0.3) is 5.69 Å². The van der Waals surface area contributed by atoms with Crippen molar-refractivity contribution in [3.63, 3.8) is 0 Å². The minimum absolute atomic E-state index is 0.254. The maximum Gasteiger partial charge on any atom is 0.287 e. The molecular formula is C18H13ClF2N2OS. The molecule has 0 aliphatic heterocycles. The number of rotatable bonds is 4. The van der Waals surface area contributed by atoms with Gasteiger partial charge in [-0.25, -0.2) is 13.8 Å². The van der Waals surface area contributed by atoms with Gasteiger partial charge in [-0.05, 0) is 42.3 Å². The van der Waals surface area contributed by atoms with Gasteiger partial charge in [0, 0.05) is 23.2 Å². The van der Waals surface area contributed by atoms with E-state index >= 15 is 0 Å². The van der Waals surface area contributed by atoms with Crippen molar-refractivity contribution >= 4 is 23.4 Å². The number of aryl methyl sites for hydroxylation is 1. The predicted molar refractivity (Wildman–Crippen MR) is 95.5 cm³/mol.